The van der Waals surface area contributed by atoms with Crippen LogP contribution in [-0.2, 0) is 9.53 Å². The number of H-pyrrole nitrogens is 1. The van der Waals surface area contributed by atoms with Crippen LogP contribution in [0.25, 0.3) is 10.9 Å². The maximum atomic E-state index is 12.8. The smallest absolute Gasteiger partial charge is 0.329 e. The summed E-state index contributed by atoms with van der Waals surface area (Å²) >= 11 is 0. The van der Waals surface area contributed by atoms with Gasteiger partial charge >= 0.3 is 5.97 Å². The van der Waals surface area contributed by atoms with Gasteiger partial charge in [-0.1, -0.05) is 32.0 Å². The fourth-order valence-electron chi connectivity index (χ4n) is 2.91. The van der Waals surface area contributed by atoms with E-state index in [2.05, 4.69) is 10.3 Å². The number of rotatable bonds is 7. The number of hydrogen-bond donors (Lipinski definition) is 2. The number of aromatic amines is 1. The Morgan fingerprint density at radius 2 is 1.82 bits per heavy atom. The Hall–Kier alpha value is -3.35. The van der Waals surface area contributed by atoms with Gasteiger partial charge in [-0.05, 0) is 31.0 Å². The largest absolute Gasteiger partial charge is 0.459 e. The summed E-state index contributed by atoms with van der Waals surface area (Å²) in [7, 11) is 0. The molecule has 0 saturated carbocycles. The molecular weight excluding hydrogens is 360 g/mol. The molecule has 0 aliphatic heterocycles. The van der Waals surface area contributed by atoms with E-state index in [1.807, 2.05) is 24.3 Å². The molecule has 7 nitrogen and oxygen atoms in total. The van der Waals surface area contributed by atoms with Crippen LogP contribution < -0.4 is 5.32 Å². The molecule has 2 aromatic heterocycles. The number of hydrogen-bond acceptors (Lipinski definition) is 5. The summed E-state index contributed by atoms with van der Waals surface area (Å²) in [6, 6.07) is 9.57. The van der Waals surface area contributed by atoms with Crippen LogP contribution in [0, 0.1) is 5.92 Å². The van der Waals surface area contributed by atoms with Gasteiger partial charge in [0.25, 0.3) is 5.91 Å². The van der Waals surface area contributed by atoms with Gasteiger partial charge in [-0.15, -0.1) is 0 Å². The number of furan rings is 1. The maximum Gasteiger partial charge on any atom is 0.329 e. The second kappa shape index (κ2) is 8.12. The predicted molar refractivity (Wildman–Crippen MR) is 103 cm³/mol. The molecule has 0 aliphatic carbocycles. The van der Waals surface area contributed by atoms with Crippen molar-refractivity contribution >= 4 is 28.6 Å². The van der Waals surface area contributed by atoms with Gasteiger partial charge in [0.1, 0.15) is 6.04 Å². The zero-order chi connectivity index (χ0) is 20.3. The number of esters is 1. The highest BCUT2D eigenvalue weighted by Crippen LogP contribution is 2.20. The first-order valence-electron chi connectivity index (χ1n) is 9.03. The van der Waals surface area contributed by atoms with Crippen LogP contribution in [0.15, 0.2) is 53.3 Å². The van der Waals surface area contributed by atoms with Crippen LogP contribution >= 0.6 is 0 Å². The number of Topliss-reactive ketones (excluding diaryl/α,β-unsaturated/α-hetero) is 1. The number of fused-ring (bicyclic) bond motifs is 1. The summed E-state index contributed by atoms with van der Waals surface area (Å²) in [5.74, 6) is -1.64. The first-order chi connectivity index (χ1) is 13.4. The lowest BCUT2D eigenvalue weighted by Crippen LogP contribution is -2.46. The maximum absolute atomic E-state index is 12.8. The monoisotopic (exact) mass is 382 g/mol. The minimum atomic E-state index is -0.992. The van der Waals surface area contributed by atoms with E-state index < -0.39 is 24.0 Å². The quantitative estimate of drug-likeness (QED) is 0.482. The molecule has 0 aliphatic rings. The summed E-state index contributed by atoms with van der Waals surface area (Å²) in [6.07, 6.45) is 1.99. The molecule has 0 bridgehead atoms. The molecule has 0 spiro atoms. The van der Waals surface area contributed by atoms with Gasteiger partial charge in [-0.25, -0.2) is 4.79 Å². The van der Waals surface area contributed by atoms with E-state index in [4.69, 9.17) is 9.15 Å². The van der Waals surface area contributed by atoms with Gasteiger partial charge in [0.15, 0.2) is 11.9 Å². The van der Waals surface area contributed by atoms with Crippen molar-refractivity contribution < 1.29 is 23.5 Å². The van der Waals surface area contributed by atoms with Gasteiger partial charge in [0.2, 0.25) is 5.78 Å². The molecule has 0 fully saturated rings. The molecule has 1 amide bonds. The van der Waals surface area contributed by atoms with Crippen LogP contribution in [0.3, 0.4) is 0 Å². The van der Waals surface area contributed by atoms with Crippen molar-refractivity contribution in [3.8, 4) is 0 Å². The average Bonchev–Trinajstić information content (AvgIpc) is 3.34. The second-order valence-electron chi connectivity index (χ2n) is 6.86. The molecule has 7 heteroatoms. The van der Waals surface area contributed by atoms with Crippen LogP contribution in [0.1, 0.15) is 41.7 Å². The Morgan fingerprint density at radius 1 is 1.07 bits per heavy atom. The van der Waals surface area contributed by atoms with E-state index in [1.54, 1.807) is 26.1 Å². The van der Waals surface area contributed by atoms with Crippen molar-refractivity contribution in [1.82, 2.24) is 10.3 Å². The standard InChI is InChI=1S/C21H22N2O5/c1-12(2)18(23-20(25)17-9-6-10-27-17)21(26)28-13(3)19(24)15-11-22-16-8-5-4-7-14(15)16/h4-13,18,22H,1-3H3,(H,23,25). The summed E-state index contributed by atoms with van der Waals surface area (Å²) in [5, 5.41) is 3.37. The van der Waals surface area contributed by atoms with Crippen LogP contribution in [-0.4, -0.2) is 34.8 Å². The normalized spacial score (nSPS) is 13.3. The highest BCUT2D eigenvalue weighted by Gasteiger charge is 2.30. The molecule has 1 aromatic carbocycles. The molecule has 3 aromatic rings. The first kappa shape index (κ1) is 19.4. The Bertz CT molecular complexity index is 987. The number of ketones is 1. The molecule has 2 N–H and O–H groups in total. The highest BCUT2D eigenvalue weighted by atomic mass is 16.5. The Morgan fingerprint density at radius 3 is 2.50 bits per heavy atom. The number of para-hydroxylation sites is 1. The van der Waals surface area contributed by atoms with Crippen molar-refractivity contribution in [3.63, 3.8) is 0 Å². The second-order valence-corrected chi connectivity index (χ2v) is 6.86. The van der Waals surface area contributed by atoms with Gasteiger partial charge in [0, 0.05) is 22.7 Å². The van der Waals surface area contributed by atoms with E-state index in [1.165, 1.54) is 19.3 Å². The summed E-state index contributed by atoms with van der Waals surface area (Å²) in [6.45, 7) is 5.08. The zero-order valence-electron chi connectivity index (χ0n) is 15.9. The van der Waals surface area contributed by atoms with Crippen molar-refractivity contribution in [1.29, 1.82) is 0 Å². The van der Waals surface area contributed by atoms with Gasteiger partial charge < -0.3 is 19.5 Å². The Balaban J connectivity index is 1.70. The number of carbonyl (C=O) groups excluding carboxylic acids is 3. The summed E-state index contributed by atoms with van der Waals surface area (Å²) in [5.41, 5.74) is 1.28. The Labute approximate surface area is 162 Å². The van der Waals surface area contributed by atoms with Crippen LogP contribution in [0.2, 0.25) is 0 Å². The fraction of sp³-hybridized carbons (Fsp3) is 0.286. The highest BCUT2D eigenvalue weighted by molar-refractivity contribution is 6.10. The number of aromatic nitrogens is 1. The molecular formula is C21H22N2O5. The van der Waals surface area contributed by atoms with Crippen molar-refractivity contribution in [2.45, 2.75) is 32.9 Å². The third-order valence-electron chi connectivity index (χ3n) is 4.47. The molecule has 2 unspecified atom stereocenters. The van der Waals surface area contributed by atoms with Gasteiger partial charge in [-0.3, -0.25) is 9.59 Å². The van der Waals surface area contributed by atoms with E-state index in [-0.39, 0.29) is 17.5 Å². The SMILES string of the molecule is CC(OC(=O)C(NC(=O)c1ccco1)C(C)C)C(=O)c1c[nH]c2ccccc12. The number of ether oxygens (including phenoxy) is 1. The number of nitrogens with one attached hydrogen (secondary N) is 2. The minimum absolute atomic E-state index is 0.0985. The molecule has 146 valence electrons. The molecule has 28 heavy (non-hydrogen) atoms. The third-order valence-corrected chi connectivity index (χ3v) is 4.47. The average molecular weight is 382 g/mol. The Kier molecular flexibility index (Phi) is 5.63. The molecule has 3 rings (SSSR count). The van der Waals surface area contributed by atoms with Crippen molar-refractivity contribution in [2.75, 3.05) is 0 Å². The van der Waals surface area contributed by atoms with Crippen molar-refractivity contribution in [2.24, 2.45) is 5.92 Å². The summed E-state index contributed by atoms with van der Waals surface area (Å²) < 4.78 is 10.4. The fourth-order valence-corrected chi connectivity index (χ4v) is 2.91. The zero-order valence-corrected chi connectivity index (χ0v) is 15.9. The number of amides is 1. The molecule has 2 atom stereocenters. The van der Waals surface area contributed by atoms with E-state index in [9.17, 15) is 14.4 Å². The molecule has 0 radical (unpaired) electrons. The third kappa shape index (κ3) is 3.98. The van der Waals surface area contributed by atoms with Crippen LogP contribution in [0.4, 0.5) is 0 Å². The van der Waals surface area contributed by atoms with E-state index in [0.29, 0.717) is 5.56 Å². The lowest BCUT2D eigenvalue weighted by Gasteiger charge is -2.22. The molecule has 0 saturated heterocycles. The van der Waals surface area contributed by atoms with Crippen molar-refractivity contribution in [3.05, 3.63) is 60.2 Å². The number of carbonyl (C=O) groups is 3. The number of benzene rings is 1. The minimum Gasteiger partial charge on any atom is -0.459 e. The predicted octanol–water partition coefficient (Wildman–Crippen LogP) is 3.33. The molecule has 2 heterocycles. The van der Waals surface area contributed by atoms with Gasteiger partial charge in [0.05, 0.1) is 6.26 Å². The lowest BCUT2D eigenvalue weighted by molar-refractivity contribution is -0.149. The lowest BCUT2D eigenvalue weighted by atomic mass is 10.0. The van der Waals surface area contributed by atoms with Gasteiger partial charge in [-0.2, -0.15) is 0 Å². The van der Waals surface area contributed by atoms with Crippen LogP contribution in [0.5, 0.6) is 0 Å². The van der Waals surface area contributed by atoms with E-state index >= 15 is 0 Å². The topological polar surface area (TPSA) is 101 Å². The summed E-state index contributed by atoms with van der Waals surface area (Å²) in [4.78, 5) is 40.6. The first-order valence-corrected chi connectivity index (χ1v) is 9.03. The van der Waals surface area contributed by atoms with E-state index in [0.717, 1.165) is 10.9 Å².